The zero-order chi connectivity index (χ0) is 20.8. The molecular weight excluding hydrogens is 410 g/mol. The molecular formula is C21H19NO5S2. The number of carbonyl (C=O) groups excluding carboxylic acids is 2. The van der Waals surface area contributed by atoms with Gasteiger partial charge in [0.25, 0.3) is 5.91 Å². The van der Waals surface area contributed by atoms with Crippen LogP contribution < -0.4 is 14.2 Å². The first-order valence-corrected chi connectivity index (χ1v) is 9.97. The molecule has 0 radical (unpaired) electrons. The van der Waals surface area contributed by atoms with E-state index in [1.165, 1.54) is 16.7 Å². The summed E-state index contributed by atoms with van der Waals surface area (Å²) in [5, 5.41) is 0. The summed E-state index contributed by atoms with van der Waals surface area (Å²) in [7, 11) is 3.11. The van der Waals surface area contributed by atoms with Crippen molar-refractivity contribution in [3.8, 4) is 17.2 Å². The van der Waals surface area contributed by atoms with Crippen LogP contribution in [0.15, 0.2) is 53.4 Å². The lowest BCUT2D eigenvalue weighted by Gasteiger charge is -2.13. The molecule has 0 saturated carbocycles. The van der Waals surface area contributed by atoms with Gasteiger partial charge in [0.1, 0.15) is 10.1 Å². The molecule has 2 aromatic carbocycles. The fourth-order valence-electron chi connectivity index (χ4n) is 2.66. The molecule has 1 heterocycles. The summed E-state index contributed by atoms with van der Waals surface area (Å²) in [5.74, 6) is 0.988. The highest BCUT2D eigenvalue weighted by atomic mass is 32.2. The van der Waals surface area contributed by atoms with Crippen molar-refractivity contribution in [1.29, 1.82) is 0 Å². The van der Waals surface area contributed by atoms with E-state index in [4.69, 9.17) is 26.4 Å². The number of amides is 1. The average Bonchev–Trinajstić information content (AvgIpc) is 2.99. The summed E-state index contributed by atoms with van der Waals surface area (Å²) >= 11 is 6.51. The van der Waals surface area contributed by atoms with Crippen molar-refractivity contribution in [1.82, 2.24) is 4.90 Å². The number of esters is 1. The lowest BCUT2D eigenvalue weighted by molar-refractivity contribution is -0.134. The van der Waals surface area contributed by atoms with E-state index < -0.39 is 5.97 Å². The summed E-state index contributed by atoms with van der Waals surface area (Å²) in [6.45, 7) is 0.166. The number of rotatable bonds is 7. The molecule has 3 rings (SSSR count). The van der Waals surface area contributed by atoms with E-state index in [1.807, 2.05) is 12.1 Å². The minimum atomic E-state index is -0.422. The molecule has 1 fully saturated rings. The molecule has 29 heavy (non-hydrogen) atoms. The Balaban J connectivity index is 1.65. The second kappa shape index (κ2) is 9.58. The lowest BCUT2D eigenvalue weighted by Crippen LogP contribution is -2.31. The summed E-state index contributed by atoms with van der Waals surface area (Å²) in [4.78, 5) is 26.6. The maximum atomic E-state index is 12.7. The molecule has 0 N–H and O–H groups in total. The van der Waals surface area contributed by atoms with Crippen molar-refractivity contribution in [2.75, 3.05) is 20.8 Å². The molecule has 1 saturated heterocycles. The molecule has 1 aliphatic heterocycles. The normalized spacial score (nSPS) is 15.0. The predicted molar refractivity (Wildman–Crippen MR) is 116 cm³/mol. The highest BCUT2D eigenvalue weighted by molar-refractivity contribution is 8.26. The molecule has 0 aromatic heterocycles. The van der Waals surface area contributed by atoms with Crippen LogP contribution in [0.1, 0.15) is 12.0 Å². The van der Waals surface area contributed by atoms with Gasteiger partial charge in [0, 0.05) is 6.54 Å². The van der Waals surface area contributed by atoms with Crippen LogP contribution in [0, 0.1) is 0 Å². The number of para-hydroxylation sites is 1. The molecule has 0 spiro atoms. The van der Waals surface area contributed by atoms with Gasteiger partial charge in [-0.2, -0.15) is 0 Å². The van der Waals surface area contributed by atoms with Crippen molar-refractivity contribution in [3.05, 3.63) is 59.0 Å². The first-order valence-electron chi connectivity index (χ1n) is 8.75. The van der Waals surface area contributed by atoms with Gasteiger partial charge in [0.2, 0.25) is 0 Å². The largest absolute Gasteiger partial charge is 0.493 e. The molecule has 150 valence electrons. The summed E-state index contributed by atoms with van der Waals surface area (Å²) in [5.41, 5.74) is 0.784. The van der Waals surface area contributed by atoms with Crippen LogP contribution in [-0.2, 0) is 9.59 Å². The Morgan fingerprint density at radius 2 is 1.83 bits per heavy atom. The lowest BCUT2D eigenvalue weighted by atomic mass is 10.2. The highest BCUT2D eigenvalue weighted by Gasteiger charge is 2.32. The Labute approximate surface area is 178 Å². The minimum absolute atomic E-state index is 0.0466. The van der Waals surface area contributed by atoms with E-state index in [-0.39, 0.29) is 18.9 Å². The number of methoxy groups -OCH3 is 2. The molecule has 8 heteroatoms. The van der Waals surface area contributed by atoms with Crippen molar-refractivity contribution < 1.29 is 23.8 Å². The van der Waals surface area contributed by atoms with E-state index >= 15 is 0 Å². The number of nitrogens with zero attached hydrogens (tertiary/aromatic N) is 1. The van der Waals surface area contributed by atoms with Gasteiger partial charge >= 0.3 is 5.97 Å². The van der Waals surface area contributed by atoms with E-state index in [0.29, 0.717) is 26.5 Å². The fraction of sp³-hybridized carbons (Fsp3) is 0.190. The topological polar surface area (TPSA) is 65.1 Å². The Hall–Kier alpha value is -2.84. The van der Waals surface area contributed by atoms with E-state index in [2.05, 4.69) is 0 Å². The van der Waals surface area contributed by atoms with E-state index in [1.54, 1.807) is 56.7 Å². The zero-order valence-corrected chi connectivity index (χ0v) is 17.5. The van der Waals surface area contributed by atoms with Crippen LogP contribution in [0.2, 0.25) is 0 Å². The summed E-state index contributed by atoms with van der Waals surface area (Å²) < 4.78 is 16.2. The molecule has 6 nitrogen and oxygen atoms in total. The second-order valence-corrected chi connectivity index (χ2v) is 7.66. The van der Waals surface area contributed by atoms with Crippen LogP contribution in [0.5, 0.6) is 17.2 Å². The van der Waals surface area contributed by atoms with Crippen molar-refractivity contribution in [2.45, 2.75) is 6.42 Å². The summed E-state index contributed by atoms with van der Waals surface area (Å²) in [6.07, 6.45) is 1.79. The molecule has 0 aliphatic carbocycles. The number of ether oxygens (including phenoxy) is 3. The SMILES string of the molecule is COc1ccc(C=C2SC(=S)N(CCC(=O)Oc3ccccc3)C2=O)cc1OC. The van der Waals surface area contributed by atoms with Gasteiger partial charge in [0.05, 0.1) is 25.5 Å². The first kappa shape index (κ1) is 20.9. The maximum Gasteiger partial charge on any atom is 0.312 e. The van der Waals surface area contributed by atoms with Gasteiger partial charge in [-0.25, -0.2) is 0 Å². The Morgan fingerprint density at radius 3 is 2.52 bits per heavy atom. The Morgan fingerprint density at radius 1 is 1.10 bits per heavy atom. The molecule has 0 unspecified atom stereocenters. The number of carbonyl (C=O) groups is 2. The van der Waals surface area contributed by atoms with Crippen LogP contribution >= 0.6 is 24.0 Å². The fourth-order valence-corrected chi connectivity index (χ4v) is 3.97. The van der Waals surface area contributed by atoms with Crippen molar-refractivity contribution >= 4 is 46.3 Å². The standard InChI is InChI=1S/C21H19NO5S2/c1-25-16-9-8-14(12-17(16)26-2)13-18-20(24)22(21(28)29-18)11-10-19(23)27-15-6-4-3-5-7-15/h3-9,12-13H,10-11H2,1-2H3. The predicted octanol–water partition coefficient (Wildman–Crippen LogP) is 3.90. The second-order valence-electron chi connectivity index (χ2n) is 5.98. The zero-order valence-electron chi connectivity index (χ0n) is 15.9. The number of hydrogen-bond acceptors (Lipinski definition) is 7. The quantitative estimate of drug-likeness (QED) is 0.286. The number of thioether (sulfide) groups is 1. The van der Waals surface area contributed by atoms with Gasteiger partial charge in [-0.3, -0.25) is 14.5 Å². The van der Waals surface area contributed by atoms with Crippen molar-refractivity contribution in [2.24, 2.45) is 0 Å². The third-order valence-electron chi connectivity index (χ3n) is 4.09. The van der Waals surface area contributed by atoms with Gasteiger partial charge in [-0.1, -0.05) is 48.2 Å². The smallest absolute Gasteiger partial charge is 0.312 e. The van der Waals surface area contributed by atoms with Crippen LogP contribution in [0.25, 0.3) is 6.08 Å². The van der Waals surface area contributed by atoms with Crippen molar-refractivity contribution in [3.63, 3.8) is 0 Å². The Kier molecular flexibility index (Phi) is 6.90. The average molecular weight is 430 g/mol. The summed E-state index contributed by atoms with van der Waals surface area (Å²) in [6, 6.07) is 14.2. The number of hydrogen-bond donors (Lipinski definition) is 0. The monoisotopic (exact) mass is 429 g/mol. The number of benzene rings is 2. The molecule has 1 aliphatic rings. The number of thiocarbonyl (C=S) groups is 1. The van der Waals surface area contributed by atoms with Gasteiger partial charge in [0.15, 0.2) is 11.5 Å². The third-order valence-corrected chi connectivity index (χ3v) is 5.47. The minimum Gasteiger partial charge on any atom is -0.493 e. The van der Waals surface area contributed by atoms with Crippen LogP contribution in [0.3, 0.4) is 0 Å². The highest BCUT2D eigenvalue weighted by Crippen LogP contribution is 2.34. The molecule has 2 aromatic rings. The molecule has 0 atom stereocenters. The van der Waals surface area contributed by atoms with Crippen LogP contribution in [-0.4, -0.2) is 41.9 Å². The molecule has 1 amide bonds. The van der Waals surface area contributed by atoms with Gasteiger partial charge in [-0.05, 0) is 35.9 Å². The van der Waals surface area contributed by atoms with Crippen LogP contribution in [0.4, 0.5) is 0 Å². The maximum absolute atomic E-state index is 12.7. The van der Waals surface area contributed by atoms with E-state index in [0.717, 1.165) is 5.56 Å². The van der Waals surface area contributed by atoms with Gasteiger partial charge in [-0.15, -0.1) is 0 Å². The molecule has 0 bridgehead atoms. The first-order chi connectivity index (χ1) is 14.0. The third kappa shape index (κ3) is 5.16. The van der Waals surface area contributed by atoms with Gasteiger partial charge < -0.3 is 14.2 Å². The Bertz CT molecular complexity index is 959. The van der Waals surface area contributed by atoms with E-state index in [9.17, 15) is 9.59 Å².